The van der Waals surface area contributed by atoms with Crippen LogP contribution in [0.2, 0.25) is 0 Å². The minimum absolute atomic E-state index is 0.0217. The Balaban J connectivity index is 1.33. The van der Waals surface area contributed by atoms with Crippen LogP contribution in [0.4, 0.5) is 0 Å². The maximum Gasteiger partial charge on any atom is 0.249 e. The minimum Gasteiger partial charge on any atom is -0.493 e. The van der Waals surface area contributed by atoms with Gasteiger partial charge in [-0.2, -0.15) is 0 Å². The highest BCUT2D eigenvalue weighted by molar-refractivity contribution is 5.80. The van der Waals surface area contributed by atoms with Crippen molar-refractivity contribution in [3.8, 4) is 11.5 Å². The van der Waals surface area contributed by atoms with Crippen LogP contribution in [0.15, 0.2) is 18.2 Å². The molecule has 4 rings (SSSR count). The lowest BCUT2D eigenvalue weighted by Gasteiger charge is -2.21. The van der Waals surface area contributed by atoms with E-state index in [4.69, 9.17) is 14.2 Å². The molecule has 1 amide bonds. The number of nitrogens with zero attached hydrogens (tertiary/aromatic N) is 4. The molecule has 9 heteroatoms. The van der Waals surface area contributed by atoms with E-state index in [0.29, 0.717) is 19.6 Å². The Morgan fingerprint density at radius 3 is 2.90 bits per heavy atom. The molecular weight excluding hydrogens is 398 g/mol. The molecule has 0 unspecified atom stereocenters. The van der Waals surface area contributed by atoms with Gasteiger partial charge in [0.2, 0.25) is 5.91 Å². The van der Waals surface area contributed by atoms with Crippen LogP contribution < -0.4 is 14.8 Å². The van der Waals surface area contributed by atoms with E-state index in [0.717, 1.165) is 74.2 Å². The van der Waals surface area contributed by atoms with Crippen LogP contribution >= 0.6 is 0 Å². The summed E-state index contributed by atoms with van der Waals surface area (Å²) in [5.41, 5.74) is 1.11. The molecule has 2 aliphatic rings. The molecule has 168 valence electrons. The average molecular weight is 430 g/mol. The summed E-state index contributed by atoms with van der Waals surface area (Å²) in [5, 5.41) is 11.7. The second-order valence-corrected chi connectivity index (χ2v) is 7.91. The van der Waals surface area contributed by atoms with Crippen molar-refractivity contribution in [2.45, 2.75) is 44.9 Å². The number of methoxy groups -OCH3 is 2. The Kier molecular flexibility index (Phi) is 7.03. The molecule has 9 nitrogen and oxygen atoms in total. The third-order valence-electron chi connectivity index (χ3n) is 5.94. The van der Waals surface area contributed by atoms with Gasteiger partial charge in [-0.25, -0.2) is 0 Å². The minimum atomic E-state index is -0.294. The van der Waals surface area contributed by atoms with Crippen molar-refractivity contribution in [2.24, 2.45) is 0 Å². The summed E-state index contributed by atoms with van der Waals surface area (Å²) >= 11 is 0. The molecular formula is C22H31N5O4. The predicted molar refractivity (Wildman–Crippen MR) is 114 cm³/mol. The number of amides is 1. The van der Waals surface area contributed by atoms with E-state index in [2.05, 4.69) is 31.0 Å². The van der Waals surface area contributed by atoms with Gasteiger partial charge in [-0.1, -0.05) is 12.1 Å². The molecule has 2 aliphatic heterocycles. The lowest BCUT2D eigenvalue weighted by Crippen LogP contribution is -2.35. The Labute approximate surface area is 182 Å². The summed E-state index contributed by atoms with van der Waals surface area (Å²) in [6.45, 7) is 4.61. The smallest absolute Gasteiger partial charge is 0.249 e. The number of benzene rings is 1. The zero-order chi connectivity index (χ0) is 21.6. The molecule has 0 radical (unpaired) electrons. The Hall–Kier alpha value is -2.65. The second-order valence-electron chi connectivity index (χ2n) is 7.91. The van der Waals surface area contributed by atoms with Crippen LogP contribution in [-0.4, -0.2) is 72.1 Å². The van der Waals surface area contributed by atoms with Gasteiger partial charge in [0, 0.05) is 57.7 Å². The molecule has 0 spiro atoms. The molecule has 3 heterocycles. The van der Waals surface area contributed by atoms with Crippen molar-refractivity contribution in [2.75, 3.05) is 40.5 Å². The summed E-state index contributed by atoms with van der Waals surface area (Å²) in [7, 11) is 3.33. The first-order chi connectivity index (χ1) is 15.2. The van der Waals surface area contributed by atoms with E-state index in [1.165, 1.54) is 0 Å². The Morgan fingerprint density at radius 2 is 2.13 bits per heavy atom. The number of hydrogen-bond acceptors (Lipinski definition) is 7. The van der Waals surface area contributed by atoms with Crippen molar-refractivity contribution in [1.29, 1.82) is 0 Å². The van der Waals surface area contributed by atoms with Crippen molar-refractivity contribution < 1.29 is 19.0 Å². The van der Waals surface area contributed by atoms with Gasteiger partial charge >= 0.3 is 0 Å². The summed E-state index contributed by atoms with van der Waals surface area (Å²) < 4.78 is 18.6. The third kappa shape index (κ3) is 4.99. The SMILES string of the molecule is COc1cccc(CN2CCc3nnc(CCNC(=O)[C@@H]4CCCO4)n3CC2)c1OC. The fraction of sp³-hybridized carbons (Fsp3) is 0.591. The van der Waals surface area contributed by atoms with Crippen LogP contribution in [0.5, 0.6) is 11.5 Å². The van der Waals surface area contributed by atoms with Crippen molar-refractivity contribution >= 4 is 5.91 Å². The monoisotopic (exact) mass is 429 g/mol. The fourth-order valence-corrected chi connectivity index (χ4v) is 4.28. The lowest BCUT2D eigenvalue weighted by molar-refractivity contribution is -0.130. The summed E-state index contributed by atoms with van der Waals surface area (Å²) in [6, 6.07) is 5.98. The van der Waals surface area contributed by atoms with Crippen LogP contribution in [0.3, 0.4) is 0 Å². The lowest BCUT2D eigenvalue weighted by atomic mass is 10.1. The molecule has 31 heavy (non-hydrogen) atoms. The van der Waals surface area contributed by atoms with Gasteiger partial charge in [0.05, 0.1) is 14.2 Å². The quantitative estimate of drug-likeness (QED) is 0.674. The van der Waals surface area contributed by atoms with Crippen LogP contribution in [0, 0.1) is 0 Å². The first kappa shape index (κ1) is 21.6. The number of carbonyl (C=O) groups excluding carboxylic acids is 1. The number of para-hydroxylation sites is 1. The molecule has 2 aromatic rings. The summed E-state index contributed by atoms with van der Waals surface area (Å²) in [6.07, 6.45) is 2.96. The number of aromatic nitrogens is 3. The Morgan fingerprint density at radius 1 is 1.23 bits per heavy atom. The molecule has 1 aromatic carbocycles. The van der Waals surface area contributed by atoms with E-state index in [9.17, 15) is 4.79 Å². The predicted octanol–water partition coefficient (Wildman–Crippen LogP) is 1.19. The van der Waals surface area contributed by atoms with Gasteiger partial charge in [0.1, 0.15) is 17.8 Å². The fourth-order valence-electron chi connectivity index (χ4n) is 4.28. The van der Waals surface area contributed by atoms with E-state index in [1.807, 2.05) is 12.1 Å². The van der Waals surface area contributed by atoms with Crippen molar-refractivity contribution in [1.82, 2.24) is 25.0 Å². The second kappa shape index (κ2) is 10.1. The van der Waals surface area contributed by atoms with Crippen LogP contribution in [-0.2, 0) is 35.5 Å². The van der Waals surface area contributed by atoms with Crippen LogP contribution in [0.1, 0.15) is 30.1 Å². The number of carbonyl (C=O) groups is 1. The van der Waals surface area contributed by atoms with E-state index in [-0.39, 0.29) is 12.0 Å². The molecule has 1 saturated heterocycles. The Bertz CT molecular complexity index is 894. The van der Waals surface area contributed by atoms with Gasteiger partial charge in [-0.05, 0) is 18.9 Å². The first-order valence-electron chi connectivity index (χ1n) is 10.9. The molecule has 0 aliphatic carbocycles. The van der Waals surface area contributed by atoms with Crippen molar-refractivity contribution in [3.63, 3.8) is 0 Å². The van der Waals surface area contributed by atoms with Gasteiger partial charge < -0.3 is 24.1 Å². The highest BCUT2D eigenvalue weighted by Gasteiger charge is 2.24. The molecule has 1 fully saturated rings. The topological polar surface area (TPSA) is 90.7 Å². The molecule has 0 bridgehead atoms. The summed E-state index contributed by atoms with van der Waals surface area (Å²) in [4.78, 5) is 14.5. The zero-order valence-electron chi connectivity index (χ0n) is 18.3. The zero-order valence-corrected chi connectivity index (χ0v) is 18.3. The average Bonchev–Trinajstić information content (AvgIpc) is 3.41. The molecule has 1 N–H and O–H groups in total. The van der Waals surface area contributed by atoms with Gasteiger partial charge in [-0.3, -0.25) is 9.69 Å². The number of fused-ring (bicyclic) bond motifs is 1. The van der Waals surface area contributed by atoms with E-state index >= 15 is 0 Å². The highest BCUT2D eigenvalue weighted by Crippen LogP contribution is 2.31. The number of hydrogen-bond donors (Lipinski definition) is 1. The number of nitrogens with one attached hydrogen (secondary N) is 1. The van der Waals surface area contributed by atoms with Gasteiger partial charge in [-0.15, -0.1) is 10.2 Å². The van der Waals surface area contributed by atoms with Crippen molar-refractivity contribution in [3.05, 3.63) is 35.4 Å². The van der Waals surface area contributed by atoms with E-state index < -0.39 is 0 Å². The molecule has 1 aromatic heterocycles. The summed E-state index contributed by atoms with van der Waals surface area (Å²) in [5.74, 6) is 3.44. The molecule has 0 saturated carbocycles. The third-order valence-corrected chi connectivity index (χ3v) is 5.94. The number of ether oxygens (including phenoxy) is 3. The largest absolute Gasteiger partial charge is 0.493 e. The standard InChI is InChI=1S/C22H31N5O4/c1-29-17-6-3-5-16(21(17)30-2)15-26-11-9-20-25-24-19(27(20)13-12-26)8-10-23-22(28)18-7-4-14-31-18/h3,5-6,18H,4,7-15H2,1-2H3,(H,23,28)/t18-/m0/s1. The highest BCUT2D eigenvalue weighted by atomic mass is 16.5. The maximum absolute atomic E-state index is 12.1. The van der Waals surface area contributed by atoms with Crippen LogP contribution in [0.25, 0.3) is 0 Å². The maximum atomic E-state index is 12.1. The van der Waals surface area contributed by atoms with Gasteiger partial charge in [0.25, 0.3) is 0 Å². The number of rotatable bonds is 8. The normalized spacial score (nSPS) is 19.0. The first-order valence-corrected chi connectivity index (χ1v) is 10.9. The van der Waals surface area contributed by atoms with Gasteiger partial charge in [0.15, 0.2) is 11.5 Å². The molecule has 1 atom stereocenters. The van der Waals surface area contributed by atoms with E-state index in [1.54, 1.807) is 14.2 Å².